The standard InChI is InChI=1S/C14H11F2N3S/c1-7-8(2)20-14-12(7)13(17-6-18-14)19-11-4-3-9(15)5-10(11)16/h3-6H,1-2H3,(H,17,18,19). The molecule has 0 fully saturated rings. The second-order valence-corrected chi connectivity index (χ2v) is 5.64. The van der Waals surface area contributed by atoms with Gasteiger partial charge in [-0.05, 0) is 31.5 Å². The third-order valence-corrected chi connectivity index (χ3v) is 4.26. The van der Waals surface area contributed by atoms with Gasteiger partial charge >= 0.3 is 0 Å². The number of benzene rings is 1. The second kappa shape index (κ2) is 4.79. The molecule has 0 radical (unpaired) electrons. The van der Waals surface area contributed by atoms with E-state index in [4.69, 9.17) is 0 Å². The van der Waals surface area contributed by atoms with Crippen LogP contribution in [0.5, 0.6) is 0 Å². The Morgan fingerprint density at radius 1 is 1.15 bits per heavy atom. The molecule has 2 aromatic heterocycles. The van der Waals surface area contributed by atoms with Crippen LogP contribution in [0.4, 0.5) is 20.3 Å². The summed E-state index contributed by atoms with van der Waals surface area (Å²) in [6.07, 6.45) is 1.43. The van der Waals surface area contributed by atoms with Crippen molar-refractivity contribution in [1.82, 2.24) is 9.97 Å². The summed E-state index contributed by atoms with van der Waals surface area (Å²) < 4.78 is 26.6. The SMILES string of the molecule is Cc1sc2ncnc(Nc3ccc(F)cc3F)c2c1C. The van der Waals surface area contributed by atoms with Crippen molar-refractivity contribution in [3.63, 3.8) is 0 Å². The Labute approximate surface area is 118 Å². The predicted octanol–water partition coefficient (Wildman–Crippen LogP) is 4.33. The first-order valence-electron chi connectivity index (χ1n) is 5.99. The van der Waals surface area contributed by atoms with Gasteiger partial charge in [-0.2, -0.15) is 0 Å². The zero-order chi connectivity index (χ0) is 14.3. The monoisotopic (exact) mass is 291 g/mol. The summed E-state index contributed by atoms with van der Waals surface area (Å²) in [5.41, 5.74) is 1.25. The van der Waals surface area contributed by atoms with E-state index in [0.29, 0.717) is 5.82 Å². The lowest BCUT2D eigenvalue weighted by Gasteiger charge is -2.08. The quantitative estimate of drug-likeness (QED) is 0.763. The molecule has 0 saturated carbocycles. The Balaban J connectivity index is 2.11. The van der Waals surface area contributed by atoms with Crippen LogP contribution < -0.4 is 5.32 Å². The summed E-state index contributed by atoms with van der Waals surface area (Å²) in [5.74, 6) is -0.729. The van der Waals surface area contributed by atoms with Crippen LogP contribution in [0.3, 0.4) is 0 Å². The molecular weight excluding hydrogens is 280 g/mol. The summed E-state index contributed by atoms with van der Waals surface area (Å²) in [6, 6.07) is 3.40. The van der Waals surface area contributed by atoms with Crippen molar-refractivity contribution in [1.29, 1.82) is 0 Å². The van der Waals surface area contributed by atoms with Crippen molar-refractivity contribution < 1.29 is 8.78 Å². The highest BCUT2D eigenvalue weighted by Gasteiger charge is 2.13. The minimum Gasteiger partial charge on any atom is -0.337 e. The minimum atomic E-state index is -0.652. The fourth-order valence-corrected chi connectivity index (χ4v) is 2.99. The van der Waals surface area contributed by atoms with Gasteiger partial charge in [0.2, 0.25) is 0 Å². The summed E-state index contributed by atoms with van der Waals surface area (Å²) >= 11 is 1.57. The zero-order valence-corrected chi connectivity index (χ0v) is 11.7. The number of nitrogens with one attached hydrogen (secondary N) is 1. The molecule has 0 unspecified atom stereocenters. The fourth-order valence-electron chi connectivity index (χ4n) is 2.00. The molecule has 20 heavy (non-hydrogen) atoms. The van der Waals surface area contributed by atoms with Crippen molar-refractivity contribution in [2.24, 2.45) is 0 Å². The van der Waals surface area contributed by atoms with Crippen molar-refractivity contribution in [3.8, 4) is 0 Å². The fraction of sp³-hybridized carbons (Fsp3) is 0.143. The summed E-state index contributed by atoms with van der Waals surface area (Å²) in [5, 5.41) is 3.78. The lowest BCUT2D eigenvalue weighted by atomic mass is 10.2. The third-order valence-electron chi connectivity index (χ3n) is 3.15. The maximum Gasteiger partial charge on any atom is 0.149 e. The number of fused-ring (bicyclic) bond motifs is 1. The van der Waals surface area contributed by atoms with Gasteiger partial charge in [-0.25, -0.2) is 18.7 Å². The molecule has 3 rings (SSSR count). The van der Waals surface area contributed by atoms with Crippen molar-refractivity contribution in [2.45, 2.75) is 13.8 Å². The first kappa shape index (κ1) is 12.9. The van der Waals surface area contributed by atoms with Crippen LogP contribution in [-0.4, -0.2) is 9.97 Å². The van der Waals surface area contributed by atoms with Crippen LogP contribution >= 0.6 is 11.3 Å². The summed E-state index contributed by atoms with van der Waals surface area (Å²) in [4.78, 5) is 10.4. The number of nitrogens with zero attached hydrogens (tertiary/aromatic N) is 2. The highest BCUT2D eigenvalue weighted by molar-refractivity contribution is 7.18. The van der Waals surface area contributed by atoms with Crippen molar-refractivity contribution in [3.05, 3.63) is 46.6 Å². The maximum atomic E-state index is 13.7. The number of hydrogen-bond donors (Lipinski definition) is 1. The van der Waals surface area contributed by atoms with E-state index in [9.17, 15) is 8.78 Å². The van der Waals surface area contributed by atoms with E-state index in [2.05, 4.69) is 15.3 Å². The number of thiophene rings is 1. The van der Waals surface area contributed by atoms with E-state index < -0.39 is 11.6 Å². The van der Waals surface area contributed by atoms with E-state index in [1.165, 1.54) is 18.5 Å². The molecule has 2 heterocycles. The second-order valence-electron chi connectivity index (χ2n) is 4.43. The van der Waals surface area contributed by atoms with Crippen LogP contribution in [0, 0.1) is 25.5 Å². The molecule has 0 amide bonds. The van der Waals surface area contributed by atoms with Gasteiger partial charge in [-0.15, -0.1) is 11.3 Å². The summed E-state index contributed by atoms with van der Waals surface area (Å²) in [7, 11) is 0. The Morgan fingerprint density at radius 2 is 1.95 bits per heavy atom. The molecule has 0 bridgehead atoms. The molecule has 0 saturated heterocycles. The summed E-state index contributed by atoms with van der Waals surface area (Å²) in [6.45, 7) is 3.98. The first-order valence-corrected chi connectivity index (χ1v) is 6.80. The number of hydrogen-bond acceptors (Lipinski definition) is 4. The lowest BCUT2D eigenvalue weighted by molar-refractivity contribution is 0.586. The van der Waals surface area contributed by atoms with Crippen molar-refractivity contribution in [2.75, 3.05) is 5.32 Å². The Hall–Kier alpha value is -2.08. The molecule has 0 spiro atoms. The van der Waals surface area contributed by atoms with Gasteiger partial charge in [-0.3, -0.25) is 0 Å². The van der Waals surface area contributed by atoms with E-state index in [0.717, 1.165) is 26.7 Å². The van der Waals surface area contributed by atoms with Crippen LogP contribution in [0.25, 0.3) is 10.2 Å². The van der Waals surface area contributed by atoms with E-state index in [-0.39, 0.29) is 5.69 Å². The van der Waals surface area contributed by atoms with Crippen LogP contribution in [0.2, 0.25) is 0 Å². The smallest absolute Gasteiger partial charge is 0.149 e. The Bertz CT molecular complexity index is 798. The van der Waals surface area contributed by atoms with Crippen LogP contribution in [0.1, 0.15) is 10.4 Å². The highest BCUT2D eigenvalue weighted by atomic mass is 32.1. The van der Waals surface area contributed by atoms with Crippen LogP contribution in [-0.2, 0) is 0 Å². The van der Waals surface area contributed by atoms with Gasteiger partial charge in [0, 0.05) is 10.9 Å². The van der Waals surface area contributed by atoms with Gasteiger partial charge in [-0.1, -0.05) is 0 Å². The predicted molar refractivity (Wildman–Crippen MR) is 76.5 cm³/mol. The number of anilines is 2. The first-order chi connectivity index (χ1) is 9.56. The topological polar surface area (TPSA) is 37.8 Å². The number of aromatic nitrogens is 2. The zero-order valence-electron chi connectivity index (χ0n) is 10.9. The van der Waals surface area contributed by atoms with E-state index in [1.54, 1.807) is 11.3 Å². The number of halogens is 2. The lowest BCUT2D eigenvalue weighted by Crippen LogP contribution is -1.98. The highest BCUT2D eigenvalue weighted by Crippen LogP contribution is 2.34. The maximum absolute atomic E-state index is 13.7. The van der Waals surface area contributed by atoms with Gasteiger partial charge in [0.05, 0.1) is 11.1 Å². The van der Waals surface area contributed by atoms with Gasteiger partial charge in [0.15, 0.2) is 0 Å². The third kappa shape index (κ3) is 2.12. The van der Waals surface area contributed by atoms with Crippen molar-refractivity contribution >= 4 is 33.1 Å². The molecule has 102 valence electrons. The molecule has 0 aliphatic carbocycles. The van der Waals surface area contributed by atoms with E-state index in [1.807, 2.05) is 13.8 Å². The number of aryl methyl sites for hydroxylation is 2. The molecule has 1 aromatic carbocycles. The Morgan fingerprint density at radius 3 is 2.70 bits per heavy atom. The minimum absolute atomic E-state index is 0.189. The molecule has 1 N–H and O–H groups in total. The molecule has 0 aliphatic heterocycles. The molecule has 3 nitrogen and oxygen atoms in total. The molecule has 6 heteroatoms. The largest absolute Gasteiger partial charge is 0.337 e. The number of rotatable bonds is 2. The average Bonchev–Trinajstić information content (AvgIpc) is 2.69. The van der Waals surface area contributed by atoms with Gasteiger partial charge in [0.1, 0.15) is 28.6 Å². The van der Waals surface area contributed by atoms with Gasteiger partial charge in [0.25, 0.3) is 0 Å². The van der Waals surface area contributed by atoms with Crippen LogP contribution in [0.15, 0.2) is 24.5 Å². The van der Waals surface area contributed by atoms with E-state index >= 15 is 0 Å². The molecule has 3 aromatic rings. The normalized spacial score (nSPS) is 11.0. The molecule has 0 aliphatic rings. The van der Waals surface area contributed by atoms with Gasteiger partial charge < -0.3 is 5.32 Å². The average molecular weight is 291 g/mol. The molecule has 0 atom stereocenters. The Kier molecular flexibility index (Phi) is 3.10. The molecular formula is C14H11F2N3S.